The van der Waals surface area contributed by atoms with Gasteiger partial charge >= 0.3 is 0 Å². The first-order valence-corrected chi connectivity index (χ1v) is 8.86. The second-order valence-corrected chi connectivity index (χ2v) is 6.75. The summed E-state index contributed by atoms with van der Waals surface area (Å²) < 4.78 is 0. The molecule has 2 heterocycles. The largest absolute Gasteiger partial charge is 0.388 e. The number of carbonyl (C=O) groups is 2. The molecule has 0 aromatic carbocycles. The molecule has 25 heavy (non-hydrogen) atoms. The Morgan fingerprint density at radius 1 is 1.24 bits per heavy atom. The van der Waals surface area contributed by atoms with E-state index in [4.69, 9.17) is 5.73 Å². The minimum Gasteiger partial charge on any atom is -0.388 e. The number of hydrogen-bond donors (Lipinski definition) is 5. The maximum atomic E-state index is 12.9. The smallest absolute Gasteiger partial charge is 0.239 e. The average molecular weight is 350 g/mol. The van der Waals surface area contributed by atoms with Gasteiger partial charge < -0.3 is 21.3 Å². The molecule has 0 spiro atoms. The van der Waals surface area contributed by atoms with Gasteiger partial charge in [0.15, 0.2) is 0 Å². The van der Waals surface area contributed by atoms with Crippen LogP contribution in [0, 0.1) is 11.8 Å². The summed E-state index contributed by atoms with van der Waals surface area (Å²) in [7, 11) is 0. The number of imide groups is 1. The van der Waals surface area contributed by atoms with Crippen LogP contribution in [-0.4, -0.2) is 58.5 Å². The predicted molar refractivity (Wildman–Crippen MR) is 90.5 cm³/mol. The van der Waals surface area contributed by atoms with Crippen molar-refractivity contribution in [2.24, 2.45) is 17.6 Å². The number of nitrogens with zero attached hydrogens (tertiary/aromatic N) is 1. The number of aliphatic hydroxyl groups is 2. The molecule has 8 nitrogen and oxygen atoms in total. The Kier molecular flexibility index (Phi) is 5.53. The molecule has 0 bridgehead atoms. The van der Waals surface area contributed by atoms with Crippen LogP contribution in [0.2, 0.25) is 0 Å². The minimum atomic E-state index is -1.12. The first-order chi connectivity index (χ1) is 12.0. The number of carbonyl (C=O) groups excluding carboxylic acids is 2. The number of likely N-dealkylation sites (tertiary alicyclic amines) is 1. The summed E-state index contributed by atoms with van der Waals surface area (Å²) in [6, 6.07) is -0.652. The number of unbranched alkanes of at least 4 members (excludes halogenated alkanes) is 1. The van der Waals surface area contributed by atoms with Crippen molar-refractivity contribution in [3.8, 4) is 0 Å². The molecule has 1 aliphatic carbocycles. The summed E-state index contributed by atoms with van der Waals surface area (Å²) in [6.45, 7) is 1.32. The molecule has 3 aliphatic rings. The van der Waals surface area contributed by atoms with Gasteiger partial charge in [-0.1, -0.05) is 12.2 Å². The molecule has 2 amide bonds. The molecule has 0 saturated carbocycles. The normalized spacial score (nSPS) is 34.9. The summed E-state index contributed by atoms with van der Waals surface area (Å²) >= 11 is 0. The van der Waals surface area contributed by atoms with Crippen molar-refractivity contribution in [2.75, 3.05) is 13.1 Å². The lowest BCUT2D eigenvalue weighted by Gasteiger charge is -2.36. The maximum Gasteiger partial charge on any atom is 0.239 e. The van der Waals surface area contributed by atoms with Crippen molar-refractivity contribution >= 4 is 11.8 Å². The maximum absolute atomic E-state index is 12.9. The van der Waals surface area contributed by atoms with Crippen LogP contribution in [0.5, 0.6) is 0 Å². The van der Waals surface area contributed by atoms with Crippen molar-refractivity contribution < 1.29 is 19.8 Å². The van der Waals surface area contributed by atoms with Crippen molar-refractivity contribution in [1.29, 1.82) is 0 Å². The number of nitrogens with one attached hydrogen (secondary N) is 2. The van der Waals surface area contributed by atoms with E-state index >= 15 is 0 Å². The number of hydrogen-bond acceptors (Lipinski definition) is 7. The standard InChI is InChI=1S/C17H26N4O4/c18-8-1-2-9-19-11-5-3-4-10-14(11)17(25)21(16(10)24)12-6-7-13(22)20-15(12)23/h3-5,10,12-15,19-20,22-23H,1-2,6-9,18H2. The van der Waals surface area contributed by atoms with E-state index in [2.05, 4.69) is 10.6 Å². The Balaban J connectivity index is 1.73. The zero-order valence-electron chi connectivity index (χ0n) is 14.1. The van der Waals surface area contributed by atoms with Crippen LogP contribution in [-0.2, 0) is 9.59 Å². The van der Waals surface area contributed by atoms with Gasteiger partial charge in [-0.2, -0.15) is 0 Å². The van der Waals surface area contributed by atoms with Crippen LogP contribution < -0.4 is 16.4 Å². The first-order valence-electron chi connectivity index (χ1n) is 8.86. The van der Waals surface area contributed by atoms with Crippen LogP contribution in [0.3, 0.4) is 0 Å². The van der Waals surface area contributed by atoms with Crippen molar-refractivity contribution in [2.45, 2.75) is 44.2 Å². The van der Waals surface area contributed by atoms with Crippen molar-refractivity contribution in [3.63, 3.8) is 0 Å². The first kappa shape index (κ1) is 18.1. The van der Waals surface area contributed by atoms with E-state index in [1.54, 1.807) is 12.2 Å². The molecule has 2 saturated heterocycles. The molecule has 0 aromatic rings. The van der Waals surface area contributed by atoms with Gasteiger partial charge in [-0.25, -0.2) is 0 Å². The fraction of sp³-hybridized carbons (Fsp3) is 0.647. The molecular weight excluding hydrogens is 324 g/mol. The number of rotatable bonds is 6. The fourth-order valence-electron chi connectivity index (χ4n) is 3.76. The van der Waals surface area contributed by atoms with E-state index in [0.717, 1.165) is 18.5 Å². The zero-order valence-corrected chi connectivity index (χ0v) is 14.1. The number of aliphatic hydroxyl groups excluding tert-OH is 2. The summed E-state index contributed by atoms with van der Waals surface area (Å²) in [4.78, 5) is 26.9. The second-order valence-electron chi connectivity index (χ2n) is 6.75. The van der Waals surface area contributed by atoms with E-state index in [1.165, 1.54) is 4.90 Å². The van der Waals surface area contributed by atoms with Crippen molar-refractivity contribution in [3.05, 3.63) is 23.9 Å². The molecule has 0 aromatic heterocycles. The van der Waals surface area contributed by atoms with Gasteiger partial charge in [0.05, 0.1) is 17.9 Å². The van der Waals surface area contributed by atoms with Crippen LogP contribution in [0.1, 0.15) is 25.7 Å². The lowest BCUT2D eigenvalue weighted by Crippen LogP contribution is -2.58. The number of piperidine rings is 1. The fourth-order valence-corrected chi connectivity index (χ4v) is 3.76. The Bertz CT molecular complexity index is 591. The third kappa shape index (κ3) is 3.48. The molecule has 8 heteroatoms. The Labute approximate surface area is 146 Å². The Hall–Kier alpha value is -1.74. The van der Waals surface area contributed by atoms with Gasteiger partial charge in [0.2, 0.25) is 11.8 Å². The lowest BCUT2D eigenvalue weighted by molar-refractivity contribution is -0.149. The molecule has 2 aliphatic heterocycles. The van der Waals surface area contributed by atoms with Crippen LogP contribution in [0.15, 0.2) is 23.9 Å². The van der Waals surface area contributed by atoms with Gasteiger partial charge in [0.1, 0.15) is 12.5 Å². The number of fused-ring (bicyclic) bond motifs is 1. The van der Waals surface area contributed by atoms with Gasteiger partial charge in [-0.3, -0.25) is 19.8 Å². The van der Waals surface area contributed by atoms with E-state index in [1.807, 2.05) is 6.08 Å². The van der Waals surface area contributed by atoms with Crippen LogP contribution in [0.25, 0.3) is 0 Å². The molecule has 0 radical (unpaired) electrons. The molecule has 6 N–H and O–H groups in total. The summed E-state index contributed by atoms with van der Waals surface area (Å²) in [5.74, 6) is -1.68. The third-order valence-corrected chi connectivity index (χ3v) is 5.07. The van der Waals surface area contributed by atoms with Crippen LogP contribution >= 0.6 is 0 Å². The third-order valence-electron chi connectivity index (χ3n) is 5.07. The molecule has 5 atom stereocenters. The number of nitrogens with two attached hydrogens (primary N) is 1. The molecule has 5 unspecified atom stereocenters. The van der Waals surface area contributed by atoms with Gasteiger partial charge in [0.25, 0.3) is 0 Å². The van der Waals surface area contributed by atoms with Gasteiger partial charge in [0, 0.05) is 12.2 Å². The highest BCUT2D eigenvalue weighted by atomic mass is 16.3. The highest BCUT2D eigenvalue weighted by Gasteiger charge is 2.52. The highest BCUT2D eigenvalue weighted by Crippen LogP contribution is 2.37. The summed E-state index contributed by atoms with van der Waals surface area (Å²) in [6.07, 6.45) is 5.97. The van der Waals surface area contributed by atoms with E-state index in [-0.39, 0.29) is 11.8 Å². The minimum absolute atomic E-state index is 0.289. The molecular formula is C17H26N4O4. The van der Waals surface area contributed by atoms with Crippen LogP contribution in [0.4, 0.5) is 0 Å². The zero-order chi connectivity index (χ0) is 18.0. The Morgan fingerprint density at radius 2 is 2.04 bits per heavy atom. The SMILES string of the molecule is NCCCCNC1=CC=CC2C(=O)N(C3CCC(O)NC3O)C(=O)C12. The second kappa shape index (κ2) is 7.65. The number of allylic oxidation sites excluding steroid dienone is 2. The van der Waals surface area contributed by atoms with E-state index < -0.39 is 30.3 Å². The van der Waals surface area contributed by atoms with Crippen molar-refractivity contribution in [1.82, 2.24) is 15.5 Å². The predicted octanol–water partition coefficient (Wildman–Crippen LogP) is -1.24. The van der Waals surface area contributed by atoms with Gasteiger partial charge in [-0.15, -0.1) is 0 Å². The lowest BCUT2D eigenvalue weighted by atomic mass is 9.88. The average Bonchev–Trinajstić information content (AvgIpc) is 2.84. The van der Waals surface area contributed by atoms with Gasteiger partial charge in [-0.05, 0) is 38.3 Å². The monoisotopic (exact) mass is 350 g/mol. The molecule has 138 valence electrons. The molecule has 2 fully saturated rings. The Morgan fingerprint density at radius 3 is 2.76 bits per heavy atom. The highest BCUT2D eigenvalue weighted by molar-refractivity contribution is 6.08. The summed E-state index contributed by atoms with van der Waals surface area (Å²) in [5, 5.41) is 25.6. The summed E-state index contributed by atoms with van der Waals surface area (Å²) in [5.41, 5.74) is 6.23. The topological polar surface area (TPSA) is 128 Å². The van der Waals surface area contributed by atoms with E-state index in [0.29, 0.717) is 25.9 Å². The quantitative estimate of drug-likeness (QED) is 0.299. The molecule has 3 rings (SSSR count). The number of amides is 2. The van der Waals surface area contributed by atoms with E-state index in [9.17, 15) is 19.8 Å².